The van der Waals surface area contributed by atoms with E-state index in [1.807, 2.05) is 12.1 Å². The van der Waals surface area contributed by atoms with Crippen LogP contribution >= 0.6 is 11.6 Å². The number of anilines is 1. The number of halogens is 1. The number of esters is 1. The highest BCUT2D eigenvalue weighted by molar-refractivity contribution is 6.30. The topological polar surface area (TPSA) is 97.4 Å². The summed E-state index contributed by atoms with van der Waals surface area (Å²) >= 11 is 5.73. The second-order valence-electron chi connectivity index (χ2n) is 7.49. The number of benzene rings is 1. The summed E-state index contributed by atoms with van der Waals surface area (Å²) in [5, 5.41) is 5.43. The number of nitrogens with one attached hydrogen (secondary N) is 2. The Morgan fingerprint density at radius 3 is 2.31 bits per heavy atom. The van der Waals surface area contributed by atoms with Crippen molar-refractivity contribution in [1.82, 2.24) is 10.3 Å². The van der Waals surface area contributed by atoms with Gasteiger partial charge in [0.05, 0.1) is 5.02 Å². The molecule has 2 N–H and O–H groups in total. The fourth-order valence-corrected chi connectivity index (χ4v) is 2.46. The van der Waals surface area contributed by atoms with E-state index in [2.05, 4.69) is 36.4 Å². The predicted octanol–water partition coefficient (Wildman–Crippen LogP) is 3.33. The number of carbonyl (C=O) groups is 3. The molecule has 7 nitrogen and oxygen atoms in total. The summed E-state index contributed by atoms with van der Waals surface area (Å²) in [7, 11) is 0. The summed E-state index contributed by atoms with van der Waals surface area (Å²) in [5.74, 6) is -1.38. The molecule has 0 aliphatic rings. The first-order valence-electron chi connectivity index (χ1n) is 9.07. The minimum Gasteiger partial charge on any atom is -0.451 e. The normalized spacial score (nSPS) is 12.0. The molecule has 8 heteroatoms. The number of hydrogen-bond donors (Lipinski definition) is 2. The molecule has 0 aliphatic carbocycles. The summed E-state index contributed by atoms with van der Waals surface area (Å²) < 4.78 is 5.04. The highest BCUT2D eigenvalue weighted by Gasteiger charge is 2.19. The lowest BCUT2D eigenvalue weighted by Gasteiger charge is -2.19. The summed E-state index contributed by atoms with van der Waals surface area (Å²) in [6, 6.07) is 10.3. The minimum atomic E-state index is -1.05. The molecule has 2 rings (SSSR count). The second-order valence-corrected chi connectivity index (χ2v) is 7.93. The standard InChI is InChI=1S/C21H24ClN3O4/c1-13(19(27)25-17-10-9-16(22)11-23-17)29-18(26)12-24-20(28)14-5-7-15(8-6-14)21(2,3)4/h5-11,13H,12H2,1-4H3,(H,24,28)(H,23,25,27)/t13-/m0/s1. The molecule has 1 aromatic carbocycles. The van der Waals surface area contributed by atoms with E-state index in [1.54, 1.807) is 18.2 Å². The monoisotopic (exact) mass is 417 g/mol. The number of ether oxygens (including phenoxy) is 1. The molecule has 0 bridgehead atoms. The average molecular weight is 418 g/mol. The van der Waals surface area contributed by atoms with Gasteiger partial charge in [0, 0.05) is 11.8 Å². The van der Waals surface area contributed by atoms with Crippen molar-refractivity contribution in [3.05, 3.63) is 58.7 Å². The van der Waals surface area contributed by atoms with Gasteiger partial charge in [-0.3, -0.25) is 14.4 Å². The largest absolute Gasteiger partial charge is 0.451 e. The maximum absolute atomic E-state index is 12.2. The van der Waals surface area contributed by atoms with Gasteiger partial charge in [-0.2, -0.15) is 0 Å². The third kappa shape index (κ3) is 6.87. The Balaban J connectivity index is 1.81. The highest BCUT2D eigenvalue weighted by Crippen LogP contribution is 2.22. The van der Waals surface area contributed by atoms with E-state index >= 15 is 0 Å². The number of rotatable bonds is 6. The van der Waals surface area contributed by atoms with Crippen molar-refractivity contribution >= 4 is 35.2 Å². The van der Waals surface area contributed by atoms with Crippen molar-refractivity contribution < 1.29 is 19.1 Å². The molecule has 0 aliphatic heterocycles. The van der Waals surface area contributed by atoms with Gasteiger partial charge < -0.3 is 15.4 Å². The third-order valence-electron chi connectivity index (χ3n) is 4.06. The molecular formula is C21H24ClN3O4. The first kappa shape index (κ1) is 22.4. The van der Waals surface area contributed by atoms with E-state index in [9.17, 15) is 14.4 Å². The second kappa shape index (κ2) is 9.52. The summed E-state index contributed by atoms with van der Waals surface area (Å²) in [6.07, 6.45) is 0.333. The summed E-state index contributed by atoms with van der Waals surface area (Å²) in [4.78, 5) is 40.1. The average Bonchev–Trinajstić information content (AvgIpc) is 2.67. The minimum absolute atomic E-state index is 0.0168. The van der Waals surface area contributed by atoms with E-state index in [0.717, 1.165) is 5.56 Å². The zero-order valence-corrected chi connectivity index (χ0v) is 17.5. The molecule has 0 fully saturated rings. The van der Waals surface area contributed by atoms with Crippen LogP contribution in [0.25, 0.3) is 0 Å². The SMILES string of the molecule is C[C@H](OC(=O)CNC(=O)c1ccc(C(C)(C)C)cc1)C(=O)Nc1ccc(Cl)cn1. The van der Waals surface area contributed by atoms with Crippen LogP contribution in [0.5, 0.6) is 0 Å². The molecule has 0 saturated heterocycles. The van der Waals surface area contributed by atoms with Crippen molar-refractivity contribution in [2.24, 2.45) is 0 Å². The number of nitrogens with zero attached hydrogens (tertiary/aromatic N) is 1. The third-order valence-corrected chi connectivity index (χ3v) is 4.29. The van der Waals surface area contributed by atoms with E-state index in [4.69, 9.17) is 16.3 Å². The molecule has 1 atom stereocenters. The van der Waals surface area contributed by atoms with Crippen LogP contribution in [0.3, 0.4) is 0 Å². The van der Waals surface area contributed by atoms with Crippen molar-refractivity contribution in [3.8, 4) is 0 Å². The van der Waals surface area contributed by atoms with Gasteiger partial charge in [0.1, 0.15) is 12.4 Å². The maximum Gasteiger partial charge on any atom is 0.326 e. The molecule has 2 aromatic rings. The Hall–Kier alpha value is -2.93. The molecular weight excluding hydrogens is 394 g/mol. The first-order chi connectivity index (χ1) is 13.6. The first-order valence-corrected chi connectivity index (χ1v) is 9.44. The lowest BCUT2D eigenvalue weighted by Crippen LogP contribution is -2.36. The molecule has 154 valence electrons. The molecule has 29 heavy (non-hydrogen) atoms. The van der Waals surface area contributed by atoms with Crippen LogP contribution < -0.4 is 10.6 Å². The Bertz CT molecular complexity index is 874. The van der Waals surface area contributed by atoms with Crippen molar-refractivity contribution in [2.75, 3.05) is 11.9 Å². The van der Waals surface area contributed by atoms with Gasteiger partial charge in [-0.1, -0.05) is 44.5 Å². The van der Waals surface area contributed by atoms with Crippen LogP contribution in [0.1, 0.15) is 43.6 Å². The molecule has 0 saturated carbocycles. The molecule has 0 unspecified atom stereocenters. The summed E-state index contributed by atoms with van der Waals surface area (Å²) in [6.45, 7) is 7.32. The Morgan fingerprint density at radius 1 is 1.10 bits per heavy atom. The number of hydrogen-bond acceptors (Lipinski definition) is 5. The quantitative estimate of drug-likeness (QED) is 0.702. The zero-order valence-electron chi connectivity index (χ0n) is 16.8. The van der Waals surface area contributed by atoms with Crippen LogP contribution in [0.15, 0.2) is 42.6 Å². The number of pyridine rings is 1. The van der Waals surface area contributed by atoms with E-state index in [-0.39, 0.29) is 17.8 Å². The molecule has 0 radical (unpaired) electrons. The van der Waals surface area contributed by atoms with Gasteiger partial charge in [0.15, 0.2) is 6.10 Å². The lowest BCUT2D eigenvalue weighted by molar-refractivity contribution is -0.152. The fraction of sp³-hybridized carbons (Fsp3) is 0.333. The summed E-state index contributed by atoms with van der Waals surface area (Å²) in [5.41, 5.74) is 1.52. The van der Waals surface area contributed by atoms with Crippen LogP contribution in [0.4, 0.5) is 5.82 Å². The smallest absolute Gasteiger partial charge is 0.326 e. The lowest BCUT2D eigenvalue weighted by atomic mass is 9.87. The number of aromatic nitrogens is 1. The van der Waals surface area contributed by atoms with Crippen molar-refractivity contribution in [1.29, 1.82) is 0 Å². The van der Waals surface area contributed by atoms with Crippen LogP contribution in [-0.2, 0) is 19.7 Å². The van der Waals surface area contributed by atoms with Crippen LogP contribution in [0, 0.1) is 0 Å². The van der Waals surface area contributed by atoms with Gasteiger partial charge in [0.2, 0.25) is 0 Å². The molecule has 1 heterocycles. The number of amides is 2. The van der Waals surface area contributed by atoms with Crippen LogP contribution in [-0.4, -0.2) is 35.4 Å². The van der Waals surface area contributed by atoms with Crippen LogP contribution in [0.2, 0.25) is 5.02 Å². The predicted molar refractivity (Wildman–Crippen MR) is 111 cm³/mol. The Kier molecular flexibility index (Phi) is 7.34. The fourth-order valence-electron chi connectivity index (χ4n) is 2.35. The van der Waals surface area contributed by atoms with E-state index < -0.39 is 23.9 Å². The van der Waals surface area contributed by atoms with Gasteiger partial charge in [0.25, 0.3) is 11.8 Å². The highest BCUT2D eigenvalue weighted by atomic mass is 35.5. The zero-order chi connectivity index (χ0) is 21.6. The number of carbonyl (C=O) groups excluding carboxylic acids is 3. The van der Waals surface area contributed by atoms with E-state index in [0.29, 0.717) is 10.6 Å². The Labute approximate surface area is 174 Å². The van der Waals surface area contributed by atoms with Gasteiger partial charge in [-0.15, -0.1) is 0 Å². The van der Waals surface area contributed by atoms with Crippen molar-refractivity contribution in [3.63, 3.8) is 0 Å². The Morgan fingerprint density at radius 2 is 1.76 bits per heavy atom. The van der Waals surface area contributed by atoms with Gasteiger partial charge in [-0.25, -0.2) is 4.98 Å². The van der Waals surface area contributed by atoms with Gasteiger partial charge >= 0.3 is 5.97 Å². The van der Waals surface area contributed by atoms with Gasteiger partial charge in [-0.05, 0) is 42.2 Å². The van der Waals surface area contributed by atoms with Crippen molar-refractivity contribution in [2.45, 2.75) is 39.2 Å². The maximum atomic E-state index is 12.2. The van der Waals surface area contributed by atoms with E-state index in [1.165, 1.54) is 19.2 Å². The molecule has 2 amide bonds. The molecule has 0 spiro atoms. The molecule has 1 aromatic heterocycles.